The third-order valence-corrected chi connectivity index (χ3v) is 6.10. The fraction of sp³-hybridized carbons (Fsp3) is 0.435. The summed E-state index contributed by atoms with van der Waals surface area (Å²) in [7, 11) is 0. The number of terminal acetylenes is 1. The molecule has 2 amide bonds. The summed E-state index contributed by atoms with van der Waals surface area (Å²) < 4.78 is 10.6. The van der Waals surface area contributed by atoms with Crippen molar-refractivity contribution in [2.24, 2.45) is 0 Å². The van der Waals surface area contributed by atoms with Gasteiger partial charge in [0.2, 0.25) is 0 Å². The molecule has 0 spiro atoms. The predicted octanol–water partition coefficient (Wildman–Crippen LogP) is 3.46. The lowest BCUT2D eigenvalue weighted by Crippen LogP contribution is -2.38. The topological polar surface area (TPSA) is 80.8 Å². The second kappa shape index (κ2) is 11.4. The van der Waals surface area contributed by atoms with Crippen molar-refractivity contribution in [3.8, 4) is 18.1 Å². The Morgan fingerprint density at radius 3 is 2.84 bits per heavy atom. The van der Waals surface area contributed by atoms with Crippen LogP contribution < -0.4 is 10.1 Å². The van der Waals surface area contributed by atoms with Gasteiger partial charge in [0.1, 0.15) is 11.4 Å². The Labute approximate surface area is 186 Å². The van der Waals surface area contributed by atoms with Gasteiger partial charge in [-0.1, -0.05) is 24.1 Å². The quantitative estimate of drug-likeness (QED) is 0.635. The Bertz CT molecular complexity index is 929. The first-order chi connectivity index (χ1) is 15.1. The van der Waals surface area contributed by atoms with Gasteiger partial charge in [0.05, 0.1) is 11.6 Å². The van der Waals surface area contributed by atoms with E-state index >= 15 is 0 Å². The third-order valence-electron chi connectivity index (χ3n) is 5.09. The first-order valence-corrected chi connectivity index (χ1v) is 11.3. The second-order valence-corrected chi connectivity index (χ2v) is 8.03. The zero-order valence-corrected chi connectivity index (χ0v) is 18.5. The molecular formula is C23H27N3O4S. The summed E-state index contributed by atoms with van der Waals surface area (Å²) in [6.45, 7) is 4.24. The van der Waals surface area contributed by atoms with E-state index in [-0.39, 0.29) is 24.5 Å². The smallest absolute Gasteiger partial charge is 0.410 e. The molecule has 1 aromatic carbocycles. The van der Waals surface area contributed by atoms with Crippen molar-refractivity contribution in [3.63, 3.8) is 0 Å². The first-order valence-electron chi connectivity index (χ1n) is 10.4. The van der Waals surface area contributed by atoms with Crippen molar-refractivity contribution in [3.05, 3.63) is 45.9 Å². The van der Waals surface area contributed by atoms with Crippen LogP contribution in [0.3, 0.4) is 0 Å². The van der Waals surface area contributed by atoms with Crippen molar-refractivity contribution in [1.82, 2.24) is 15.2 Å². The molecule has 0 saturated carbocycles. The van der Waals surface area contributed by atoms with Gasteiger partial charge < -0.3 is 19.7 Å². The van der Waals surface area contributed by atoms with Gasteiger partial charge in [0.25, 0.3) is 5.91 Å². The monoisotopic (exact) mass is 441 g/mol. The first kappa shape index (κ1) is 22.6. The van der Waals surface area contributed by atoms with Crippen molar-refractivity contribution in [2.75, 3.05) is 32.8 Å². The van der Waals surface area contributed by atoms with Gasteiger partial charge in [0, 0.05) is 30.9 Å². The molecule has 164 valence electrons. The molecule has 0 aliphatic carbocycles. The number of nitrogens with zero attached hydrogens (tertiary/aromatic N) is 2. The molecule has 1 N–H and O–H groups in total. The van der Waals surface area contributed by atoms with Gasteiger partial charge in [-0.25, -0.2) is 9.78 Å². The number of carbonyl (C=O) groups is 2. The van der Waals surface area contributed by atoms with E-state index in [1.54, 1.807) is 10.3 Å². The van der Waals surface area contributed by atoms with Crippen LogP contribution in [0.5, 0.6) is 5.75 Å². The number of ether oxygens (including phenoxy) is 2. The van der Waals surface area contributed by atoms with E-state index in [2.05, 4.69) is 16.2 Å². The Morgan fingerprint density at radius 1 is 1.32 bits per heavy atom. The highest BCUT2D eigenvalue weighted by molar-refractivity contribution is 7.09. The molecule has 7 nitrogen and oxygen atoms in total. The van der Waals surface area contributed by atoms with Crippen molar-refractivity contribution in [2.45, 2.75) is 32.1 Å². The predicted molar refractivity (Wildman–Crippen MR) is 119 cm³/mol. The Balaban J connectivity index is 1.47. The van der Waals surface area contributed by atoms with E-state index in [9.17, 15) is 9.59 Å². The minimum atomic E-state index is -0.374. The largest absolute Gasteiger partial charge is 0.494 e. The molecule has 3 rings (SSSR count). The van der Waals surface area contributed by atoms with E-state index in [1.165, 1.54) is 11.3 Å². The number of thiazole rings is 1. The van der Waals surface area contributed by atoms with Gasteiger partial charge in [-0.3, -0.25) is 4.79 Å². The summed E-state index contributed by atoms with van der Waals surface area (Å²) in [6, 6.07) is 7.85. The maximum absolute atomic E-state index is 12.5. The molecule has 0 radical (unpaired) electrons. The number of piperidine rings is 1. The van der Waals surface area contributed by atoms with Crippen molar-refractivity contribution < 1.29 is 19.1 Å². The zero-order valence-electron chi connectivity index (χ0n) is 17.6. The van der Waals surface area contributed by atoms with Gasteiger partial charge >= 0.3 is 6.09 Å². The number of nitrogens with one attached hydrogen (secondary N) is 1. The Hall–Kier alpha value is -3.05. The summed E-state index contributed by atoms with van der Waals surface area (Å²) in [4.78, 5) is 30.6. The van der Waals surface area contributed by atoms with E-state index in [0.717, 1.165) is 29.2 Å². The normalized spacial score (nSPS) is 14.0. The number of hydrogen-bond donors (Lipinski definition) is 1. The molecule has 0 atom stereocenters. The van der Waals surface area contributed by atoms with Crippen molar-refractivity contribution in [1.29, 1.82) is 0 Å². The molecule has 1 fully saturated rings. The van der Waals surface area contributed by atoms with Crippen LogP contribution >= 0.6 is 11.3 Å². The van der Waals surface area contributed by atoms with Crippen LogP contribution in [-0.2, 0) is 11.2 Å². The maximum Gasteiger partial charge on any atom is 0.410 e. The highest BCUT2D eigenvalue weighted by Gasteiger charge is 2.27. The summed E-state index contributed by atoms with van der Waals surface area (Å²) in [6.07, 6.45) is 7.00. The number of para-hydroxylation sites is 1. The van der Waals surface area contributed by atoms with Gasteiger partial charge in [-0.15, -0.1) is 17.8 Å². The zero-order chi connectivity index (χ0) is 22.1. The standard InChI is InChI=1S/C23H27N3O4S/c1-3-15-30-23(28)26-13-10-18(11-14-26)22-25-19(16-31-22)21(27)24-12-9-17-7-5-6-8-20(17)29-4-2/h1,5-8,16,18H,4,9-15H2,2H3,(H,24,27). The molecule has 1 aliphatic rings. The molecule has 1 aliphatic heterocycles. The number of benzene rings is 1. The molecule has 1 saturated heterocycles. The second-order valence-electron chi connectivity index (χ2n) is 7.14. The van der Waals surface area contributed by atoms with Gasteiger partial charge in [-0.05, 0) is 37.8 Å². The summed E-state index contributed by atoms with van der Waals surface area (Å²) >= 11 is 1.49. The maximum atomic E-state index is 12.5. The molecule has 0 bridgehead atoms. The Morgan fingerprint density at radius 2 is 2.10 bits per heavy atom. The van der Waals surface area contributed by atoms with E-state index < -0.39 is 0 Å². The van der Waals surface area contributed by atoms with Gasteiger partial charge in [0.15, 0.2) is 6.61 Å². The summed E-state index contributed by atoms with van der Waals surface area (Å²) in [5, 5.41) is 5.67. The van der Waals surface area contributed by atoms with E-state index in [4.69, 9.17) is 15.9 Å². The fourth-order valence-electron chi connectivity index (χ4n) is 3.49. The highest BCUT2D eigenvalue weighted by atomic mass is 32.1. The molecule has 0 unspecified atom stereocenters. The molecule has 2 heterocycles. The minimum absolute atomic E-state index is 0.0130. The van der Waals surface area contributed by atoms with Crippen LogP contribution in [0.1, 0.15) is 46.7 Å². The van der Waals surface area contributed by atoms with Crippen LogP contribution in [0, 0.1) is 12.3 Å². The average molecular weight is 442 g/mol. The number of amides is 2. The van der Waals surface area contributed by atoms with Crippen LogP contribution in [-0.4, -0.2) is 54.7 Å². The Kier molecular flexibility index (Phi) is 8.30. The number of rotatable bonds is 8. The lowest BCUT2D eigenvalue weighted by Gasteiger charge is -2.30. The van der Waals surface area contributed by atoms with Crippen LogP contribution in [0.4, 0.5) is 4.79 Å². The third kappa shape index (κ3) is 6.22. The molecule has 1 aromatic heterocycles. The summed E-state index contributed by atoms with van der Waals surface area (Å²) in [5.41, 5.74) is 1.50. The number of aromatic nitrogens is 1. The van der Waals surface area contributed by atoms with Crippen molar-refractivity contribution >= 4 is 23.3 Å². The lowest BCUT2D eigenvalue weighted by molar-refractivity contribution is 0.0949. The fourth-order valence-corrected chi connectivity index (χ4v) is 4.46. The molecule has 31 heavy (non-hydrogen) atoms. The van der Waals surface area contributed by atoms with Gasteiger partial charge in [-0.2, -0.15) is 0 Å². The number of hydrogen-bond acceptors (Lipinski definition) is 6. The molecular weight excluding hydrogens is 414 g/mol. The number of likely N-dealkylation sites (tertiary alicyclic amines) is 1. The summed E-state index contributed by atoms with van der Waals surface area (Å²) in [5.74, 6) is 3.21. The molecule has 8 heteroatoms. The van der Waals surface area contributed by atoms with E-state index in [1.807, 2.05) is 31.2 Å². The highest BCUT2D eigenvalue weighted by Crippen LogP contribution is 2.30. The SMILES string of the molecule is C#CCOC(=O)N1CCC(c2nc(C(=O)NCCc3ccccc3OCC)cs2)CC1. The van der Waals surface area contributed by atoms with Crippen LogP contribution in [0.15, 0.2) is 29.6 Å². The van der Waals surface area contributed by atoms with Crippen LogP contribution in [0.2, 0.25) is 0 Å². The molecule has 2 aromatic rings. The lowest BCUT2D eigenvalue weighted by atomic mass is 9.98. The van der Waals surface area contributed by atoms with E-state index in [0.29, 0.717) is 38.4 Å². The van der Waals surface area contributed by atoms with Crippen LogP contribution in [0.25, 0.3) is 0 Å². The number of carbonyl (C=O) groups excluding carboxylic acids is 2. The minimum Gasteiger partial charge on any atom is -0.494 e. The average Bonchev–Trinajstić information content (AvgIpc) is 3.29.